The van der Waals surface area contributed by atoms with Crippen molar-refractivity contribution >= 4 is 22.0 Å². The summed E-state index contributed by atoms with van der Waals surface area (Å²) in [4.78, 5) is 31.8. The summed E-state index contributed by atoms with van der Waals surface area (Å²) >= 11 is 0. The molecule has 0 radical (unpaired) electrons. The number of alkyl halides is 3. The van der Waals surface area contributed by atoms with Gasteiger partial charge in [0.15, 0.2) is 0 Å². The van der Waals surface area contributed by atoms with Gasteiger partial charge in [0.05, 0.1) is 35.7 Å². The van der Waals surface area contributed by atoms with Gasteiger partial charge in [0.1, 0.15) is 6.04 Å². The van der Waals surface area contributed by atoms with Gasteiger partial charge in [0.25, 0.3) is 10.2 Å². The van der Waals surface area contributed by atoms with Crippen molar-refractivity contribution in [3.05, 3.63) is 42.2 Å². The topological polar surface area (TPSA) is 127 Å². The second-order valence-electron chi connectivity index (χ2n) is 9.84. The third-order valence-electron chi connectivity index (χ3n) is 7.26. The third-order valence-corrected chi connectivity index (χ3v) is 9.20. The van der Waals surface area contributed by atoms with Crippen LogP contribution in [0.2, 0.25) is 0 Å². The number of aromatic nitrogens is 1. The number of nitrogens with one attached hydrogen (secondary N) is 1. The highest BCUT2D eigenvalue weighted by molar-refractivity contribution is 7.86. The highest BCUT2D eigenvalue weighted by Crippen LogP contribution is 2.31. The molecule has 1 aromatic rings. The van der Waals surface area contributed by atoms with Crippen molar-refractivity contribution in [3.63, 3.8) is 0 Å². The first-order valence-corrected chi connectivity index (χ1v) is 13.7. The van der Waals surface area contributed by atoms with Crippen molar-refractivity contribution in [3.8, 4) is 6.07 Å². The maximum Gasteiger partial charge on any atom is 0.417 e. The molecule has 3 aliphatic rings. The molecule has 38 heavy (non-hydrogen) atoms. The van der Waals surface area contributed by atoms with Crippen molar-refractivity contribution in [2.75, 3.05) is 32.7 Å². The fraction of sp³-hybridized carbons (Fsp3) is 0.583. The van der Waals surface area contributed by atoms with Crippen molar-refractivity contribution in [1.82, 2.24) is 23.8 Å². The van der Waals surface area contributed by atoms with E-state index in [9.17, 15) is 31.2 Å². The minimum atomic E-state index is -4.51. The van der Waals surface area contributed by atoms with Gasteiger partial charge in [-0.15, -0.1) is 6.58 Å². The lowest BCUT2D eigenvalue weighted by atomic mass is 9.97. The number of nitrogens with zero attached hydrogens (tertiary/aromatic N) is 5. The number of hydrogen-bond acceptors (Lipinski definition) is 6. The largest absolute Gasteiger partial charge is 0.417 e. The Kier molecular flexibility index (Phi) is 8.10. The number of carbonyl (C=O) groups is 2. The molecule has 3 aliphatic heterocycles. The second-order valence-corrected chi connectivity index (χ2v) is 11.8. The molecule has 3 saturated heterocycles. The van der Waals surface area contributed by atoms with E-state index >= 15 is 0 Å². The van der Waals surface area contributed by atoms with Crippen molar-refractivity contribution < 1.29 is 31.2 Å². The van der Waals surface area contributed by atoms with Crippen LogP contribution in [0.1, 0.15) is 30.5 Å². The van der Waals surface area contributed by atoms with Crippen molar-refractivity contribution in [1.29, 1.82) is 5.26 Å². The van der Waals surface area contributed by atoms with E-state index in [1.54, 1.807) is 6.08 Å². The van der Waals surface area contributed by atoms with Crippen molar-refractivity contribution in [2.24, 2.45) is 17.8 Å². The predicted molar refractivity (Wildman–Crippen MR) is 129 cm³/mol. The Labute approximate surface area is 219 Å². The summed E-state index contributed by atoms with van der Waals surface area (Å²) in [6.07, 6.45) is -0.853. The molecule has 0 aromatic carbocycles. The molecule has 1 aromatic heterocycles. The number of nitriles is 1. The maximum atomic E-state index is 13.5. The summed E-state index contributed by atoms with van der Waals surface area (Å²) in [7, 11) is -3.78. The molecule has 14 heteroatoms. The summed E-state index contributed by atoms with van der Waals surface area (Å²) in [6, 6.07) is 3.29. The molecule has 206 valence electrons. The van der Waals surface area contributed by atoms with E-state index in [0.29, 0.717) is 25.5 Å². The Morgan fingerprint density at radius 1 is 1.21 bits per heavy atom. The van der Waals surface area contributed by atoms with E-state index in [4.69, 9.17) is 5.26 Å². The summed E-state index contributed by atoms with van der Waals surface area (Å²) in [5.41, 5.74) is -0.656. The van der Waals surface area contributed by atoms with Gasteiger partial charge in [-0.3, -0.25) is 14.6 Å². The second kappa shape index (κ2) is 11.0. The molecule has 0 saturated carbocycles. The lowest BCUT2D eigenvalue weighted by Gasteiger charge is -2.41. The van der Waals surface area contributed by atoms with Gasteiger partial charge < -0.3 is 10.2 Å². The molecule has 0 aliphatic carbocycles. The Morgan fingerprint density at radius 2 is 1.95 bits per heavy atom. The Morgan fingerprint density at radius 3 is 2.55 bits per heavy atom. The number of hydrogen-bond donors (Lipinski definition) is 1. The number of amides is 2. The summed E-state index contributed by atoms with van der Waals surface area (Å²) in [5.74, 6) is -1.87. The van der Waals surface area contributed by atoms with Gasteiger partial charge in [-0.1, -0.05) is 6.08 Å². The number of halogens is 3. The van der Waals surface area contributed by atoms with Gasteiger partial charge in [-0.05, 0) is 37.3 Å². The van der Waals surface area contributed by atoms with Crippen LogP contribution < -0.4 is 5.32 Å². The number of carbonyl (C=O) groups excluding carboxylic acids is 2. The molecule has 1 N–H and O–H groups in total. The first-order chi connectivity index (χ1) is 17.9. The molecular weight excluding hydrogens is 525 g/mol. The van der Waals surface area contributed by atoms with Crippen LogP contribution in [0.15, 0.2) is 31.0 Å². The average Bonchev–Trinajstić information content (AvgIpc) is 3.30. The van der Waals surface area contributed by atoms with Gasteiger partial charge in [0.2, 0.25) is 11.8 Å². The quantitative estimate of drug-likeness (QED) is 0.510. The standard InChI is InChI=1S/C24H29F3N6O4S/c1-2-16-8-21(22(34)30-11-20-6-5-19(10-29-20)24(25,26)27)33(14-16)23(35)18-4-3-7-31(15-18)38(36,37)32-12-17(9-28)13-32/h2,5-6,10,16-18,21H,1,3-4,7-8,11-15H2,(H,30,34)/t16-,18+,21-/m1/s1. The molecule has 4 rings (SSSR count). The number of rotatable bonds is 7. The van der Waals surface area contributed by atoms with Gasteiger partial charge in [-0.25, -0.2) is 0 Å². The zero-order valence-corrected chi connectivity index (χ0v) is 21.4. The predicted octanol–water partition coefficient (Wildman–Crippen LogP) is 1.53. The SMILES string of the molecule is C=C[C@@H]1C[C@H](C(=O)NCc2ccc(C(F)(F)F)cn2)N(C(=O)[C@H]2CCCN(S(=O)(=O)N3CC(C#N)C3)C2)C1. The monoisotopic (exact) mass is 554 g/mol. The number of piperidine rings is 1. The normalized spacial score (nSPS) is 25.4. The molecule has 3 fully saturated rings. The smallest absolute Gasteiger partial charge is 0.349 e. The van der Waals surface area contributed by atoms with E-state index in [2.05, 4.69) is 16.9 Å². The van der Waals surface area contributed by atoms with Gasteiger partial charge in [-0.2, -0.15) is 35.5 Å². The summed E-state index contributed by atoms with van der Waals surface area (Å²) < 4.78 is 66.7. The third kappa shape index (κ3) is 5.84. The van der Waals surface area contributed by atoms with Crippen LogP contribution in [0.4, 0.5) is 13.2 Å². The molecular formula is C24H29F3N6O4S. The summed E-state index contributed by atoms with van der Waals surface area (Å²) in [5, 5.41) is 11.6. The zero-order valence-electron chi connectivity index (χ0n) is 20.6. The van der Waals surface area contributed by atoms with Gasteiger partial charge in [0, 0.05) is 38.9 Å². The van der Waals surface area contributed by atoms with Crippen LogP contribution >= 0.6 is 0 Å². The van der Waals surface area contributed by atoms with E-state index in [1.165, 1.54) is 19.6 Å². The molecule has 10 nitrogen and oxygen atoms in total. The maximum absolute atomic E-state index is 13.5. The molecule has 0 unspecified atom stereocenters. The number of likely N-dealkylation sites (tertiary alicyclic amines) is 1. The van der Waals surface area contributed by atoms with E-state index < -0.39 is 39.8 Å². The van der Waals surface area contributed by atoms with E-state index in [-0.39, 0.29) is 62.7 Å². The molecule has 3 atom stereocenters. The zero-order chi connectivity index (χ0) is 27.7. The highest BCUT2D eigenvalue weighted by Gasteiger charge is 2.45. The first-order valence-electron chi connectivity index (χ1n) is 12.3. The minimum absolute atomic E-state index is 0.00600. The van der Waals surface area contributed by atoms with Crippen LogP contribution in [0.3, 0.4) is 0 Å². The Balaban J connectivity index is 1.40. The van der Waals surface area contributed by atoms with Crippen LogP contribution in [0, 0.1) is 29.1 Å². The fourth-order valence-electron chi connectivity index (χ4n) is 4.98. The minimum Gasteiger partial charge on any atom is -0.349 e. The molecule has 0 spiro atoms. The van der Waals surface area contributed by atoms with Crippen LogP contribution in [-0.2, 0) is 32.5 Å². The van der Waals surface area contributed by atoms with Crippen molar-refractivity contribution in [2.45, 2.75) is 38.0 Å². The lowest BCUT2D eigenvalue weighted by molar-refractivity contribution is -0.142. The fourth-order valence-corrected chi connectivity index (χ4v) is 6.77. The van der Waals surface area contributed by atoms with E-state index in [0.717, 1.165) is 6.07 Å². The highest BCUT2D eigenvalue weighted by atomic mass is 32.2. The molecule has 2 amide bonds. The Bertz CT molecular complexity index is 1210. The lowest BCUT2D eigenvalue weighted by Crippen LogP contribution is -2.57. The molecule has 0 bridgehead atoms. The number of pyridine rings is 1. The van der Waals surface area contributed by atoms with Crippen LogP contribution in [0.5, 0.6) is 0 Å². The van der Waals surface area contributed by atoms with Gasteiger partial charge >= 0.3 is 6.18 Å². The Hall–Kier alpha value is -3.02. The molecule has 4 heterocycles. The van der Waals surface area contributed by atoms with Crippen LogP contribution in [-0.4, -0.2) is 77.5 Å². The summed E-state index contributed by atoms with van der Waals surface area (Å²) in [6.45, 7) is 4.47. The van der Waals surface area contributed by atoms with E-state index in [1.807, 2.05) is 6.07 Å². The average molecular weight is 555 g/mol. The van der Waals surface area contributed by atoms with Crippen LogP contribution in [0.25, 0.3) is 0 Å². The first kappa shape index (κ1) is 28.0.